The number of para-hydroxylation sites is 1. The maximum absolute atomic E-state index is 13.1. The highest BCUT2D eigenvalue weighted by atomic mass is 32.2. The first-order valence-electron chi connectivity index (χ1n) is 11.0. The molecule has 1 atom stereocenters. The summed E-state index contributed by atoms with van der Waals surface area (Å²) in [5, 5.41) is 12.5. The van der Waals surface area contributed by atoms with Gasteiger partial charge in [0.25, 0.3) is 0 Å². The third-order valence-corrected chi connectivity index (χ3v) is 7.01. The standard InChI is InChI=1S/C27H27NO6S/c1-32-22-14-16-10-12-20(28(27(30)31)17-8-6-5-7-9-17)19-15-21(29)23(35-4)13-11-18(19)24(16)26(34-3)25(22)33-2/h5-9,11,13-15,20H,10,12H2,1-4H3,(H,30,31)/p-1. The van der Waals surface area contributed by atoms with E-state index in [9.17, 15) is 14.7 Å². The molecule has 8 heteroatoms. The molecule has 182 valence electrons. The van der Waals surface area contributed by atoms with Gasteiger partial charge in [0.15, 0.2) is 16.9 Å². The Kier molecular flexibility index (Phi) is 7.21. The summed E-state index contributed by atoms with van der Waals surface area (Å²) in [5.74, 6) is 1.40. The van der Waals surface area contributed by atoms with Gasteiger partial charge in [0.2, 0.25) is 5.75 Å². The number of hydrogen-bond acceptors (Lipinski definition) is 7. The number of methoxy groups -OCH3 is 3. The molecule has 3 aromatic carbocycles. The quantitative estimate of drug-likeness (QED) is 0.474. The normalized spacial score (nSPS) is 14.2. The number of anilines is 1. The molecule has 0 aliphatic heterocycles. The van der Waals surface area contributed by atoms with E-state index >= 15 is 0 Å². The average Bonchev–Trinajstić information content (AvgIpc) is 3.11. The van der Waals surface area contributed by atoms with Crippen LogP contribution in [0.1, 0.15) is 23.6 Å². The maximum Gasteiger partial charge on any atom is 0.203 e. The minimum atomic E-state index is -1.34. The second kappa shape index (κ2) is 10.3. The van der Waals surface area contributed by atoms with Crippen molar-refractivity contribution < 1.29 is 24.1 Å². The fraction of sp³-hybridized carbons (Fsp3) is 0.259. The van der Waals surface area contributed by atoms with Crippen LogP contribution < -0.4 is 29.6 Å². The Morgan fingerprint density at radius 1 is 1.00 bits per heavy atom. The SMILES string of the molecule is COc1cc2c(c(OC)c1OC)-c1ccc(SC)c(=O)cc1C(N(C(=O)[O-])c1ccccc1)CC2. The maximum atomic E-state index is 13.1. The van der Waals surface area contributed by atoms with Crippen molar-refractivity contribution in [2.24, 2.45) is 0 Å². The van der Waals surface area contributed by atoms with Crippen molar-refractivity contribution in [3.05, 3.63) is 75.9 Å². The van der Waals surface area contributed by atoms with Crippen LogP contribution in [0.3, 0.4) is 0 Å². The van der Waals surface area contributed by atoms with E-state index in [2.05, 4.69) is 0 Å². The Hall–Kier alpha value is -3.65. The predicted octanol–water partition coefficient (Wildman–Crippen LogP) is 4.30. The van der Waals surface area contributed by atoms with Crippen LogP contribution in [-0.2, 0) is 6.42 Å². The van der Waals surface area contributed by atoms with Gasteiger partial charge in [-0.05, 0) is 66.1 Å². The molecule has 0 spiro atoms. The second-order valence-electron chi connectivity index (χ2n) is 7.98. The molecule has 1 unspecified atom stereocenters. The molecular formula is C27H26NO6S-. The topological polar surface area (TPSA) is 88.1 Å². The third-order valence-electron chi connectivity index (χ3n) is 6.23. The molecule has 0 saturated carbocycles. The molecule has 4 rings (SSSR count). The van der Waals surface area contributed by atoms with Gasteiger partial charge in [-0.1, -0.05) is 24.3 Å². The number of carbonyl (C=O) groups excluding carboxylic acids is 1. The molecule has 0 aromatic heterocycles. The number of nitrogens with zero attached hydrogens (tertiary/aromatic N) is 1. The molecule has 35 heavy (non-hydrogen) atoms. The van der Waals surface area contributed by atoms with Gasteiger partial charge in [0.1, 0.15) is 6.09 Å². The van der Waals surface area contributed by atoms with Crippen molar-refractivity contribution in [2.75, 3.05) is 32.5 Å². The summed E-state index contributed by atoms with van der Waals surface area (Å²) in [6.07, 6.45) is 1.41. The highest BCUT2D eigenvalue weighted by molar-refractivity contribution is 7.98. The summed E-state index contributed by atoms with van der Waals surface area (Å²) in [6, 6.07) is 15.2. The first kappa shape index (κ1) is 24.5. The molecular weight excluding hydrogens is 466 g/mol. The largest absolute Gasteiger partial charge is 0.530 e. The molecule has 1 aliphatic carbocycles. The number of aryl methyl sites for hydroxylation is 1. The van der Waals surface area contributed by atoms with Crippen LogP contribution in [0.15, 0.2) is 64.3 Å². The number of rotatable bonds is 6. The van der Waals surface area contributed by atoms with E-state index in [4.69, 9.17) is 14.2 Å². The summed E-state index contributed by atoms with van der Waals surface area (Å²) in [7, 11) is 4.64. The predicted molar refractivity (Wildman–Crippen MR) is 135 cm³/mol. The van der Waals surface area contributed by atoms with E-state index < -0.39 is 12.1 Å². The highest BCUT2D eigenvalue weighted by Crippen LogP contribution is 2.51. The summed E-state index contributed by atoms with van der Waals surface area (Å²) >= 11 is 1.34. The van der Waals surface area contributed by atoms with E-state index in [1.807, 2.05) is 24.5 Å². The van der Waals surface area contributed by atoms with Crippen LogP contribution >= 0.6 is 11.8 Å². The number of amides is 1. The van der Waals surface area contributed by atoms with Gasteiger partial charge in [0, 0.05) is 11.3 Å². The van der Waals surface area contributed by atoms with Crippen LogP contribution in [0.2, 0.25) is 0 Å². The van der Waals surface area contributed by atoms with Crippen LogP contribution in [0, 0.1) is 0 Å². The van der Waals surface area contributed by atoms with Gasteiger partial charge in [-0.2, -0.15) is 0 Å². The Labute approximate surface area is 208 Å². The zero-order chi connectivity index (χ0) is 25.1. The molecule has 0 fully saturated rings. The van der Waals surface area contributed by atoms with Gasteiger partial charge in [-0.3, -0.25) is 4.79 Å². The smallest absolute Gasteiger partial charge is 0.203 e. The number of benzene rings is 2. The highest BCUT2D eigenvalue weighted by Gasteiger charge is 2.32. The lowest BCUT2D eigenvalue weighted by atomic mass is 9.95. The van der Waals surface area contributed by atoms with Crippen molar-refractivity contribution in [3.8, 4) is 28.4 Å². The number of hydrogen-bond donors (Lipinski definition) is 0. The van der Waals surface area contributed by atoms with E-state index in [-0.39, 0.29) is 5.43 Å². The number of fused-ring (bicyclic) bond motifs is 3. The van der Waals surface area contributed by atoms with Gasteiger partial charge in [0.05, 0.1) is 32.3 Å². The van der Waals surface area contributed by atoms with Crippen molar-refractivity contribution in [2.45, 2.75) is 23.8 Å². The lowest BCUT2D eigenvalue weighted by Gasteiger charge is -2.34. The molecule has 3 aromatic rings. The van der Waals surface area contributed by atoms with E-state index in [1.165, 1.54) is 29.8 Å². The van der Waals surface area contributed by atoms with E-state index in [0.717, 1.165) is 11.1 Å². The Balaban J connectivity index is 2.09. The molecule has 0 bridgehead atoms. The molecule has 0 heterocycles. The van der Waals surface area contributed by atoms with Crippen LogP contribution in [0.5, 0.6) is 17.2 Å². The molecule has 0 radical (unpaired) electrons. The monoisotopic (exact) mass is 492 g/mol. The Morgan fingerprint density at radius 2 is 1.71 bits per heavy atom. The van der Waals surface area contributed by atoms with Gasteiger partial charge in [-0.15, -0.1) is 11.8 Å². The fourth-order valence-corrected chi connectivity index (χ4v) is 5.18. The summed E-state index contributed by atoms with van der Waals surface area (Å²) in [5.41, 5.74) is 3.21. The molecule has 0 N–H and O–H groups in total. The van der Waals surface area contributed by atoms with E-state index in [1.54, 1.807) is 44.6 Å². The number of carboxylic acid groups (broad SMARTS) is 1. The molecule has 7 nitrogen and oxygen atoms in total. The third kappa shape index (κ3) is 4.41. The minimum Gasteiger partial charge on any atom is -0.530 e. The minimum absolute atomic E-state index is 0.182. The molecule has 0 saturated heterocycles. The summed E-state index contributed by atoms with van der Waals surface area (Å²) in [4.78, 5) is 27.4. The Morgan fingerprint density at radius 3 is 2.31 bits per heavy atom. The number of ether oxygens (including phenoxy) is 3. The summed E-state index contributed by atoms with van der Waals surface area (Å²) < 4.78 is 17.0. The molecule has 1 amide bonds. The zero-order valence-corrected chi connectivity index (χ0v) is 20.8. The lowest BCUT2D eigenvalue weighted by molar-refractivity contribution is -0.247. The Bertz CT molecular complexity index is 1310. The lowest BCUT2D eigenvalue weighted by Crippen LogP contribution is -2.44. The molecule has 1 aliphatic rings. The van der Waals surface area contributed by atoms with Crippen LogP contribution in [0.25, 0.3) is 11.1 Å². The van der Waals surface area contributed by atoms with Crippen LogP contribution in [0.4, 0.5) is 10.5 Å². The van der Waals surface area contributed by atoms with Crippen LogP contribution in [-0.4, -0.2) is 33.7 Å². The first-order valence-corrected chi connectivity index (χ1v) is 12.3. The summed E-state index contributed by atoms with van der Waals surface area (Å²) in [6.45, 7) is 0. The zero-order valence-electron chi connectivity index (χ0n) is 20.0. The van der Waals surface area contributed by atoms with Gasteiger partial charge >= 0.3 is 0 Å². The van der Waals surface area contributed by atoms with Crippen molar-refractivity contribution >= 4 is 23.5 Å². The van der Waals surface area contributed by atoms with Crippen molar-refractivity contribution in [3.63, 3.8) is 0 Å². The van der Waals surface area contributed by atoms with E-state index in [0.29, 0.717) is 51.8 Å². The second-order valence-corrected chi connectivity index (χ2v) is 8.83. The number of carbonyl (C=O) groups is 1. The first-order chi connectivity index (χ1) is 16.9. The van der Waals surface area contributed by atoms with Gasteiger partial charge < -0.3 is 29.0 Å². The van der Waals surface area contributed by atoms with Crippen molar-refractivity contribution in [1.82, 2.24) is 0 Å². The fourth-order valence-electron chi connectivity index (χ4n) is 4.72. The van der Waals surface area contributed by atoms with Gasteiger partial charge in [-0.25, -0.2) is 0 Å². The number of thioether (sulfide) groups is 1. The van der Waals surface area contributed by atoms with Crippen molar-refractivity contribution in [1.29, 1.82) is 0 Å². The average molecular weight is 493 g/mol.